The molecule has 5 rings (SSSR count). The molecule has 0 fully saturated rings. The van der Waals surface area contributed by atoms with Crippen molar-refractivity contribution in [3.8, 4) is 23.0 Å². The van der Waals surface area contributed by atoms with Crippen molar-refractivity contribution in [3.63, 3.8) is 0 Å². The Morgan fingerprint density at radius 1 is 0.914 bits per heavy atom. The van der Waals surface area contributed by atoms with Crippen LogP contribution in [0.3, 0.4) is 0 Å². The zero-order valence-electron chi connectivity index (χ0n) is 20.5. The van der Waals surface area contributed by atoms with E-state index in [1.54, 1.807) is 39.8 Å². The molecule has 0 saturated carbocycles. The van der Waals surface area contributed by atoms with Crippen LogP contribution < -0.4 is 29.2 Å². The molecule has 2 aliphatic rings. The van der Waals surface area contributed by atoms with Crippen LogP contribution in [0.4, 0.5) is 5.00 Å². The van der Waals surface area contributed by atoms with E-state index in [1.807, 2.05) is 36.4 Å². The number of aryl methyl sites for hydroxylation is 1. The summed E-state index contributed by atoms with van der Waals surface area (Å²) >= 11 is 1.75. The maximum atomic E-state index is 13.5. The number of ether oxygens (including phenoxy) is 4. The summed E-state index contributed by atoms with van der Waals surface area (Å²) < 4.78 is 22.1. The molecule has 3 aromatic rings. The molecule has 1 aliphatic carbocycles. The van der Waals surface area contributed by atoms with Crippen LogP contribution in [0.5, 0.6) is 23.0 Å². The molecule has 0 unspecified atom stereocenters. The fourth-order valence-electron chi connectivity index (χ4n) is 5.01. The van der Waals surface area contributed by atoms with Gasteiger partial charge in [-0.3, -0.25) is 4.79 Å². The fourth-order valence-corrected chi connectivity index (χ4v) is 6.42. The van der Waals surface area contributed by atoms with Crippen molar-refractivity contribution < 1.29 is 23.7 Å². The van der Waals surface area contributed by atoms with Gasteiger partial charge in [0.2, 0.25) is 0 Å². The average molecular weight is 495 g/mol. The quantitative estimate of drug-likeness (QED) is 0.492. The van der Waals surface area contributed by atoms with Gasteiger partial charge in [-0.2, -0.15) is 0 Å². The number of benzene rings is 2. The largest absolute Gasteiger partial charge is 0.497 e. The number of hydrogen-bond donors (Lipinski definition) is 1. The molecule has 35 heavy (non-hydrogen) atoms. The number of methoxy groups -OCH3 is 4. The van der Waals surface area contributed by atoms with Crippen molar-refractivity contribution in [2.45, 2.75) is 38.4 Å². The van der Waals surface area contributed by atoms with Gasteiger partial charge in [0, 0.05) is 23.1 Å². The Morgan fingerprint density at radius 3 is 2.43 bits per heavy atom. The zero-order valence-corrected chi connectivity index (χ0v) is 21.3. The molecule has 7 nitrogen and oxygen atoms in total. The smallest absolute Gasteiger partial charge is 0.256 e. The molecule has 1 amide bonds. The molecule has 1 aliphatic heterocycles. The molecule has 0 radical (unpaired) electrons. The number of amides is 1. The zero-order chi connectivity index (χ0) is 24.5. The predicted octanol–water partition coefficient (Wildman–Crippen LogP) is 5.11. The van der Waals surface area contributed by atoms with Crippen molar-refractivity contribution in [2.24, 2.45) is 0 Å². The molecule has 2 aromatic carbocycles. The van der Waals surface area contributed by atoms with Gasteiger partial charge in [-0.1, -0.05) is 6.07 Å². The van der Waals surface area contributed by atoms with Crippen molar-refractivity contribution in [1.82, 2.24) is 5.32 Å². The van der Waals surface area contributed by atoms with Gasteiger partial charge in [0.15, 0.2) is 11.5 Å². The average Bonchev–Trinajstić information content (AvgIpc) is 3.30. The summed E-state index contributed by atoms with van der Waals surface area (Å²) in [5.74, 6) is 2.70. The van der Waals surface area contributed by atoms with E-state index in [-0.39, 0.29) is 5.91 Å². The van der Waals surface area contributed by atoms with E-state index in [1.165, 1.54) is 16.9 Å². The minimum absolute atomic E-state index is 0.0224. The summed E-state index contributed by atoms with van der Waals surface area (Å²) in [6.45, 7) is 0.576. The van der Waals surface area contributed by atoms with E-state index in [2.05, 4.69) is 10.2 Å². The Morgan fingerprint density at radius 2 is 1.69 bits per heavy atom. The van der Waals surface area contributed by atoms with Crippen LogP contribution in [0.2, 0.25) is 0 Å². The Balaban J connectivity index is 1.63. The van der Waals surface area contributed by atoms with Gasteiger partial charge in [-0.05, 0) is 61.1 Å². The highest BCUT2D eigenvalue weighted by Gasteiger charge is 2.38. The summed E-state index contributed by atoms with van der Waals surface area (Å²) in [4.78, 5) is 17.1. The third kappa shape index (κ3) is 4.16. The molecule has 184 valence electrons. The number of hydrogen-bond acceptors (Lipinski definition) is 7. The first kappa shape index (κ1) is 23.4. The molecule has 1 N–H and O–H groups in total. The van der Waals surface area contributed by atoms with Gasteiger partial charge in [0.25, 0.3) is 5.91 Å². The molecule has 0 saturated heterocycles. The lowest BCUT2D eigenvalue weighted by atomic mass is 9.93. The first-order chi connectivity index (χ1) is 17.1. The van der Waals surface area contributed by atoms with Crippen LogP contribution in [0.1, 0.15) is 50.9 Å². The number of nitrogens with zero attached hydrogens (tertiary/aromatic N) is 1. The van der Waals surface area contributed by atoms with E-state index < -0.39 is 6.17 Å². The normalized spacial score (nSPS) is 16.7. The van der Waals surface area contributed by atoms with E-state index in [0.717, 1.165) is 41.0 Å². The van der Waals surface area contributed by atoms with Gasteiger partial charge < -0.3 is 29.2 Å². The van der Waals surface area contributed by atoms with Crippen LogP contribution in [0.25, 0.3) is 0 Å². The van der Waals surface area contributed by atoms with Crippen molar-refractivity contribution in [1.29, 1.82) is 0 Å². The van der Waals surface area contributed by atoms with Crippen LogP contribution in [-0.4, -0.2) is 34.3 Å². The summed E-state index contributed by atoms with van der Waals surface area (Å²) in [7, 11) is 6.53. The Kier molecular flexibility index (Phi) is 6.47. The summed E-state index contributed by atoms with van der Waals surface area (Å²) in [6.07, 6.45) is 3.87. The predicted molar refractivity (Wildman–Crippen MR) is 136 cm³/mol. The van der Waals surface area contributed by atoms with Crippen molar-refractivity contribution in [2.75, 3.05) is 33.3 Å². The Labute approximate surface area is 209 Å². The standard InChI is InChI=1S/C27H30N2O5S/c1-31-17-10-11-18(21(14-17)33-3)25-28-26(30)24-19-7-5-6-8-23(19)35-27(24)29(25)15-16-9-12-20(32-2)22(13-16)34-4/h9-14,25H,5-8,15H2,1-4H3,(H,28,30)/t25-/m0/s1. The maximum Gasteiger partial charge on any atom is 0.256 e. The third-order valence-electron chi connectivity index (χ3n) is 6.76. The minimum Gasteiger partial charge on any atom is -0.497 e. The highest BCUT2D eigenvalue weighted by Crippen LogP contribution is 2.47. The highest BCUT2D eigenvalue weighted by atomic mass is 32.1. The molecule has 0 bridgehead atoms. The monoisotopic (exact) mass is 494 g/mol. The summed E-state index contributed by atoms with van der Waals surface area (Å²) in [5, 5.41) is 4.29. The number of carbonyl (C=O) groups is 1. The highest BCUT2D eigenvalue weighted by molar-refractivity contribution is 7.16. The molecule has 0 spiro atoms. The Hall–Kier alpha value is -3.39. The van der Waals surface area contributed by atoms with Gasteiger partial charge >= 0.3 is 0 Å². The first-order valence-electron chi connectivity index (χ1n) is 11.7. The molecule has 1 atom stereocenters. The van der Waals surface area contributed by atoms with Crippen molar-refractivity contribution in [3.05, 3.63) is 63.5 Å². The molecule has 1 aromatic heterocycles. The number of anilines is 1. The van der Waals surface area contributed by atoms with Gasteiger partial charge in [0.05, 0.1) is 34.0 Å². The molecule has 2 heterocycles. The van der Waals surface area contributed by atoms with E-state index >= 15 is 0 Å². The van der Waals surface area contributed by atoms with E-state index in [0.29, 0.717) is 29.5 Å². The van der Waals surface area contributed by atoms with Gasteiger partial charge in [-0.25, -0.2) is 0 Å². The second-order valence-corrected chi connectivity index (χ2v) is 9.78. The number of carbonyl (C=O) groups excluding carboxylic acids is 1. The summed E-state index contributed by atoms with van der Waals surface area (Å²) in [5.41, 5.74) is 3.97. The number of rotatable bonds is 7. The topological polar surface area (TPSA) is 69.3 Å². The van der Waals surface area contributed by atoms with E-state index in [4.69, 9.17) is 18.9 Å². The van der Waals surface area contributed by atoms with Crippen LogP contribution in [0, 0.1) is 0 Å². The molecular formula is C27H30N2O5S. The van der Waals surface area contributed by atoms with E-state index in [9.17, 15) is 4.79 Å². The third-order valence-corrected chi connectivity index (χ3v) is 8.09. The fraction of sp³-hybridized carbons (Fsp3) is 0.370. The number of thiophene rings is 1. The van der Waals surface area contributed by atoms with Crippen LogP contribution in [0.15, 0.2) is 36.4 Å². The van der Waals surface area contributed by atoms with Gasteiger partial charge in [-0.15, -0.1) is 11.3 Å². The van der Waals surface area contributed by atoms with Crippen molar-refractivity contribution >= 4 is 22.2 Å². The Bertz CT molecular complexity index is 1250. The second kappa shape index (κ2) is 9.70. The summed E-state index contributed by atoms with van der Waals surface area (Å²) in [6, 6.07) is 11.7. The molecule has 8 heteroatoms. The minimum atomic E-state index is -0.399. The lowest BCUT2D eigenvalue weighted by molar-refractivity contribution is 0.0925. The number of fused-ring (bicyclic) bond motifs is 3. The van der Waals surface area contributed by atoms with Crippen LogP contribution in [-0.2, 0) is 19.4 Å². The molecular weight excluding hydrogens is 464 g/mol. The van der Waals surface area contributed by atoms with Gasteiger partial charge in [0.1, 0.15) is 22.7 Å². The lowest BCUT2D eigenvalue weighted by Crippen LogP contribution is -2.46. The number of nitrogens with one attached hydrogen (secondary N) is 1. The maximum absolute atomic E-state index is 13.5. The first-order valence-corrected chi connectivity index (χ1v) is 12.5. The lowest BCUT2D eigenvalue weighted by Gasteiger charge is -2.38. The SMILES string of the molecule is COc1ccc([C@H]2NC(=O)c3c(sc4c3CCCC4)N2Cc2ccc(OC)c(OC)c2)c(OC)c1. The van der Waals surface area contributed by atoms with Crippen LogP contribution >= 0.6 is 11.3 Å². The second-order valence-electron chi connectivity index (χ2n) is 8.69.